The van der Waals surface area contributed by atoms with Crippen molar-refractivity contribution in [3.05, 3.63) is 36.4 Å². The molecule has 16 heavy (non-hydrogen) atoms. The van der Waals surface area contributed by atoms with Crippen LogP contribution in [0.15, 0.2) is 36.4 Å². The molecule has 0 bridgehead atoms. The molecule has 0 spiro atoms. The summed E-state index contributed by atoms with van der Waals surface area (Å²) < 4.78 is 0. The fourth-order valence-corrected chi connectivity index (χ4v) is 1.45. The van der Waals surface area contributed by atoms with Crippen molar-refractivity contribution in [3.63, 3.8) is 0 Å². The second-order valence-electron chi connectivity index (χ2n) is 4.37. The Kier molecular flexibility index (Phi) is 11.6. The molecule has 0 aliphatic heterocycles. The lowest BCUT2D eigenvalue weighted by molar-refractivity contribution is 0.216. The lowest BCUT2D eigenvalue weighted by atomic mass is 10.0. The minimum absolute atomic E-state index is 0.167. The molecule has 1 aromatic carbocycles. The Morgan fingerprint density at radius 2 is 0.750 bits per heavy atom. The molecule has 1 saturated carbocycles. The smallest absolute Gasteiger partial charge is 0.0483 e. The average molecular weight is 222 g/mol. The maximum absolute atomic E-state index is 8.06. The van der Waals surface area contributed by atoms with Crippen LogP contribution in [-0.4, -0.2) is 11.2 Å². The molecule has 1 heteroatoms. The molecular formula is C15H26O. The van der Waals surface area contributed by atoms with Crippen molar-refractivity contribution in [1.82, 2.24) is 0 Å². The van der Waals surface area contributed by atoms with Gasteiger partial charge in [-0.3, -0.25) is 0 Å². The van der Waals surface area contributed by atoms with Crippen LogP contribution in [0, 0.1) is 0 Å². The fourth-order valence-electron chi connectivity index (χ4n) is 1.45. The van der Waals surface area contributed by atoms with Crippen molar-refractivity contribution in [1.29, 1.82) is 0 Å². The molecule has 0 atom stereocenters. The van der Waals surface area contributed by atoms with Crippen LogP contribution in [0.25, 0.3) is 0 Å². The summed E-state index contributed by atoms with van der Waals surface area (Å²) >= 11 is 0. The van der Waals surface area contributed by atoms with Gasteiger partial charge in [0.2, 0.25) is 0 Å². The Balaban J connectivity index is 0.000000217. The molecule has 0 aromatic heterocycles. The van der Waals surface area contributed by atoms with Crippen LogP contribution in [0.4, 0.5) is 0 Å². The molecule has 0 unspecified atom stereocenters. The van der Waals surface area contributed by atoms with Crippen LogP contribution in [0.2, 0.25) is 0 Å². The maximum Gasteiger partial charge on any atom is 0.0483 e. The van der Waals surface area contributed by atoms with Gasteiger partial charge < -0.3 is 5.11 Å². The summed E-state index contributed by atoms with van der Waals surface area (Å²) in [6.07, 6.45) is 8.83. The summed E-state index contributed by atoms with van der Waals surface area (Å²) in [5, 5.41) is 8.06. The minimum atomic E-state index is -0.167. The predicted octanol–water partition coefficient (Wildman–Crippen LogP) is 4.41. The Morgan fingerprint density at radius 3 is 0.875 bits per heavy atom. The van der Waals surface area contributed by atoms with Crippen molar-refractivity contribution in [3.8, 4) is 0 Å². The quantitative estimate of drug-likeness (QED) is 0.689. The Morgan fingerprint density at radius 1 is 0.625 bits per heavy atom. The molecule has 0 heterocycles. The first-order valence-corrected chi connectivity index (χ1v) is 6.41. The zero-order valence-electron chi connectivity index (χ0n) is 10.7. The molecule has 1 aliphatic rings. The van der Waals surface area contributed by atoms with E-state index in [1.165, 1.54) is 38.5 Å². The molecule has 1 fully saturated rings. The maximum atomic E-state index is 8.06. The van der Waals surface area contributed by atoms with Crippen molar-refractivity contribution in [2.45, 2.75) is 58.5 Å². The van der Waals surface area contributed by atoms with Crippen LogP contribution >= 0.6 is 0 Å². The van der Waals surface area contributed by atoms with E-state index in [-0.39, 0.29) is 6.10 Å². The number of hydrogen-bond acceptors (Lipinski definition) is 1. The van der Waals surface area contributed by atoms with E-state index in [0.717, 1.165) is 0 Å². The molecule has 1 nitrogen and oxygen atoms in total. The molecule has 0 saturated heterocycles. The predicted molar refractivity (Wildman–Crippen MR) is 71.5 cm³/mol. The van der Waals surface area contributed by atoms with E-state index >= 15 is 0 Å². The number of aliphatic hydroxyl groups is 1. The molecule has 1 aliphatic carbocycles. The first kappa shape index (κ1) is 15.2. The standard InChI is InChI=1S/C6H12.C6H6.C3H8O/c2*1-2-4-6-5-3-1;1-3(2)4/h1-6H2;1-6H;3-4H,1-2H3. The first-order chi connectivity index (χ1) is 7.73. The first-order valence-electron chi connectivity index (χ1n) is 6.41. The Hall–Kier alpha value is -0.820. The molecule has 2 rings (SSSR count). The third-order valence-electron chi connectivity index (χ3n) is 2.17. The van der Waals surface area contributed by atoms with Gasteiger partial charge in [-0.15, -0.1) is 0 Å². The van der Waals surface area contributed by atoms with Gasteiger partial charge in [0.05, 0.1) is 0 Å². The van der Waals surface area contributed by atoms with E-state index in [4.69, 9.17) is 5.11 Å². The molecule has 1 aromatic rings. The van der Waals surface area contributed by atoms with Gasteiger partial charge in [-0.25, -0.2) is 0 Å². The Bertz CT molecular complexity index is 161. The van der Waals surface area contributed by atoms with Crippen LogP contribution in [0.3, 0.4) is 0 Å². The highest BCUT2D eigenvalue weighted by Crippen LogP contribution is 2.15. The van der Waals surface area contributed by atoms with Crippen molar-refractivity contribution < 1.29 is 5.11 Å². The summed E-state index contributed by atoms with van der Waals surface area (Å²) in [6.45, 7) is 3.44. The molecule has 1 N–H and O–H groups in total. The van der Waals surface area contributed by atoms with Gasteiger partial charge in [-0.05, 0) is 13.8 Å². The van der Waals surface area contributed by atoms with Gasteiger partial charge in [0.1, 0.15) is 0 Å². The number of rotatable bonds is 0. The van der Waals surface area contributed by atoms with E-state index in [2.05, 4.69) is 0 Å². The SMILES string of the molecule is C1CCCCC1.CC(C)O.c1ccccc1. The fraction of sp³-hybridized carbons (Fsp3) is 0.600. The van der Waals surface area contributed by atoms with Crippen LogP contribution in [0.1, 0.15) is 52.4 Å². The monoisotopic (exact) mass is 222 g/mol. The lowest BCUT2D eigenvalue weighted by Crippen LogP contribution is -1.85. The summed E-state index contributed by atoms with van der Waals surface area (Å²) in [4.78, 5) is 0. The summed E-state index contributed by atoms with van der Waals surface area (Å²) in [7, 11) is 0. The molecule has 92 valence electrons. The number of aliphatic hydroxyl groups excluding tert-OH is 1. The highest BCUT2D eigenvalue weighted by Gasteiger charge is 1.95. The highest BCUT2D eigenvalue weighted by molar-refractivity contribution is 4.99. The van der Waals surface area contributed by atoms with E-state index in [1.807, 2.05) is 36.4 Å². The number of hydrogen-bond donors (Lipinski definition) is 1. The van der Waals surface area contributed by atoms with Crippen molar-refractivity contribution in [2.75, 3.05) is 0 Å². The topological polar surface area (TPSA) is 20.2 Å². The third-order valence-corrected chi connectivity index (χ3v) is 2.17. The Labute approximate surface area is 101 Å². The summed E-state index contributed by atoms with van der Waals surface area (Å²) in [5.74, 6) is 0. The summed E-state index contributed by atoms with van der Waals surface area (Å²) in [5.41, 5.74) is 0. The van der Waals surface area contributed by atoms with Crippen molar-refractivity contribution >= 4 is 0 Å². The van der Waals surface area contributed by atoms with Crippen LogP contribution < -0.4 is 0 Å². The van der Waals surface area contributed by atoms with Gasteiger partial charge in [-0.1, -0.05) is 74.9 Å². The summed E-state index contributed by atoms with van der Waals surface area (Å²) in [6, 6.07) is 12.0. The van der Waals surface area contributed by atoms with Gasteiger partial charge >= 0.3 is 0 Å². The van der Waals surface area contributed by atoms with E-state index in [9.17, 15) is 0 Å². The normalized spacial score (nSPS) is 14.2. The molecular weight excluding hydrogens is 196 g/mol. The van der Waals surface area contributed by atoms with E-state index < -0.39 is 0 Å². The lowest BCUT2D eigenvalue weighted by Gasteiger charge is -2.05. The van der Waals surface area contributed by atoms with Gasteiger partial charge in [0, 0.05) is 6.10 Å². The molecule has 0 amide bonds. The second-order valence-corrected chi connectivity index (χ2v) is 4.37. The largest absolute Gasteiger partial charge is 0.394 e. The third kappa shape index (κ3) is 15.6. The average Bonchev–Trinajstić information content (AvgIpc) is 2.34. The van der Waals surface area contributed by atoms with E-state index in [0.29, 0.717) is 0 Å². The van der Waals surface area contributed by atoms with Gasteiger partial charge in [0.15, 0.2) is 0 Å². The zero-order valence-corrected chi connectivity index (χ0v) is 10.7. The van der Waals surface area contributed by atoms with Crippen LogP contribution in [-0.2, 0) is 0 Å². The zero-order chi connectivity index (χ0) is 12.1. The van der Waals surface area contributed by atoms with Crippen LogP contribution in [0.5, 0.6) is 0 Å². The molecule has 0 radical (unpaired) electrons. The second kappa shape index (κ2) is 12.3. The number of benzene rings is 1. The van der Waals surface area contributed by atoms with E-state index in [1.54, 1.807) is 13.8 Å². The van der Waals surface area contributed by atoms with Gasteiger partial charge in [-0.2, -0.15) is 0 Å². The van der Waals surface area contributed by atoms with Crippen molar-refractivity contribution in [2.24, 2.45) is 0 Å². The highest BCUT2D eigenvalue weighted by atomic mass is 16.3. The van der Waals surface area contributed by atoms with Gasteiger partial charge in [0.25, 0.3) is 0 Å². The minimum Gasteiger partial charge on any atom is -0.394 e.